The Balaban J connectivity index is 2.65. The van der Waals surface area contributed by atoms with Gasteiger partial charge in [-0.25, -0.2) is 4.98 Å². The van der Waals surface area contributed by atoms with Crippen LogP contribution in [0.25, 0.3) is 0 Å². The van der Waals surface area contributed by atoms with E-state index in [1.54, 1.807) is 6.20 Å². The summed E-state index contributed by atoms with van der Waals surface area (Å²) in [5.74, 6) is 1.62. The van der Waals surface area contributed by atoms with Crippen molar-refractivity contribution in [3.63, 3.8) is 0 Å². The van der Waals surface area contributed by atoms with Crippen LogP contribution in [0.4, 0.5) is 11.5 Å². The van der Waals surface area contributed by atoms with E-state index in [1.807, 2.05) is 6.92 Å². The van der Waals surface area contributed by atoms with Crippen LogP contribution in [0.2, 0.25) is 0 Å². The third-order valence-corrected chi connectivity index (χ3v) is 3.83. The van der Waals surface area contributed by atoms with Crippen LogP contribution in [0.15, 0.2) is 10.7 Å². The molecule has 1 atom stereocenters. The minimum atomic E-state index is 0.421. The van der Waals surface area contributed by atoms with Crippen LogP contribution in [-0.2, 0) is 0 Å². The first-order chi connectivity index (χ1) is 7.91. The van der Waals surface area contributed by atoms with E-state index in [2.05, 4.69) is 47.0 Å². The molecule has 1 heterocycles. The molecule has 0 aliphatic heterocycles. The van der Waals surface area contributed by atoms with Crippen LogP contribution < -0.4 is 11.1 Å². The molecule has 1 rings (SSSR count). The van der Waals surface area contributed by atoms with Gasteiger partial charge in [0.2, 0.25) is 0 Å². The van der Waals surface area contributed by atoms with Crippen LogP contribution in [0.5, 0.6) is 0 Å². The summed E-state index contributed by atoms with van der Waals surface area (Å²) in [7, 11) is 0. The highest BCUT2D eigenvalue weighted by molar-refractivity contribution is 9.10. The molecule has 0 aliphatic carbocycles. The third kappa shape index (κ3) is 4.19. The van der Waals surface area contributed by atoms with Crippen LogP contribution in [0.1, 0.15) is 39.2 Å². The summed E-state index contributed by atoms with van der Waals surface area (Å²) < 4.78 is 0.967. The van der Waals surface area contributed by atoms with E-state index in [0.717, 1.165) is 33.9 Å². The lowest BCUT2D eigenvalue weighted by molar-refractivity contribution is 0.527. The lowest BCUT2D eigenvalue weighted by Crippen LogP contribution is -2.17. The number of hydrogen-bond acceptors (Lipinski definition) is 3. The maximum absolute atomic E-state index is 5.80. The Bertz CT molecular complexity index is 377. The first kappa shape index (κ1) is 14.3. The van der Waals surface area contributed by atoms with Crippen LogP contribution in [0.3, 0.4) is 0 Å². The van der Waals surface area contributed by atoms with Gasteiger partial charge in [-0.3, -0.25) is 0 Å². The summed E-state index contributed by atoms with van der Waals surface area (Å²) in [5, 5.41) is 3.42. The molecular formula is C13H22BrN3. The van der Waals surface area contributed by atoms with Crippen molar-refractivity contribution in [2.75, 3.05) is 11.1 Å². The summed E-state index contributed by atoms with van der Waals surface area (Å²) in [5.41, 5.74) is 7.56. The van der Waals surface area contributed by atoms with E-state index in [4.69, 9.17) is 5.73 Å². The molecule has 3 N–H and O–H groups in total. The fraction of sp³-hybridized carbons (Fsp3) is 0.615. The topological polar surface area (TPSA) is 50.9 Å². The van der Waals surface area contributed by atoms with Gasteiger partial charge in [-0.05, 0) is 54.1 Å². The lowest BCUT2D eigenvalue weighted by Gasteiger charge is -2.17. The predicted molar refractivity (Wildman–Crippen MR) is 78.2 cm³/mol. The van der Waals surface area contributed by atoms with Gasteiger partial charge in [-0.15, -0.1) is 0 Å². The number of nitrogens with two attached hydrogens (primary N) is 1. The van der Waals surface area contributed by atoms with Crippen molar-refractivity contribution >= 4 is 27.4 Å². The highest BCUT2D eigenvalue weighted by atomic mass is 79.9. The number of nitrogen functional groups attached to an aromatic ring is 1. The first-order valence-electron chi connectivity index (χ1n) is 6.09. The van der Waals surface area contributed by atoms with E-state index in [1.165, 1.54) is 6.42 Å². The lowest BCUT2D eigenvalue weighted by atomic mass is 10.0. The van der Waals surface area contributed by atoms with Gasteiger partial charge in [0.05, 0.1) is 16.4 Å². The maximum atomic E-state index is 5.80. The second-order valence-electron chi connectivity index (χ2n) is 5.02. The maximum Gasteiger partial charge on any atom is 0.140 e. The molecule has 17 heavy (non-hydrogen) atoms. The van der Waals surface area contributed by atoms with E-state index in [-0.39, 0.29) is 0 Å². The normalized spacial score (nSPS) is 12.8. The number of hydrogen-bond donors (Lipinski definition) is 2. The number of halogens is 1. The molecule has 0 radical (unpaired) electrons. The number of aromatic nitrogens is 1. The van der Waals surface area contributed by atoms with Gasteiger partial charge < -0.3 is 11.1 Å². The Labute approximate surface area is 112 Å². The minimum Gasteiger partial charge on any atom is -0.397 e. The summed E-state index contributed by atoms with van der Waals surface area (Å²) in [6.07, 6.45) is 4.08. The van der Waals surface area contributed by atoms with Crippen molar-refractivity contribution in [3.8, 4) is 0 Å². The van der Waals surface area contributed by atoms with Gasteiger partial charge in [0.15, 0.2) is 0 Å². The molecule has 1 aromatic heterocycles. The molecule has 96 valence electrons. The molecule has 4 heteroatoms. The molecule has 0 spiro atoms. The Morgan fingerprint density at radius 1 is 1.35 bits per heavy atom. The van der Waals surface area contributed by atoms with Crippen molar-refractivity contribution in [1.82, 2.24) is 4.98 Å². The van der Waals surface area contributed by atoms with Crippen LogP contribution in [0, 0.1) is 12.8 Å². The number of anilines is 2. The molecule has 3 nitrogen and oxygen atoms in total. The van der Waals surface area contributed by atoms with Gasteiger partial charge in [0, 0.05) is 6.04 Å². The third-order valence-electron chi connectivity index (χ3n) is 2.86. The Hall–Kier alpha value is -0.770. The molecule has 0 bridgehead atoms. The molecule has 1 aromatic rings. The van der Waals surface area contributed by atoms with Crippen molar-refractivity contribution < 1.29 is 0 Å². The first-order valence-corrected chi connectivity index (χ1v) is 6.88. The Morgan fingerprint density at radius 3 is 2.59 bits per heavy atom. The summed E-state index contributed by atoms with van der Waals surface area (Å²) in [6.45, 7) is 8.66. The van der Waals surface area contributed by atoms with Crippen LogP contribution in [-0.4, -0.2) is 11.0 Å². The standard InChI is InChI=1S/C13H22BrN3/c1-8(2)5-6-9(3)17-13-12(14)10(4)11(15)7-16-13/h7-9H,5-6,15H2,1-4H3,(H,16,17). The van der Waals surface area contributed by atoms with E-state index in [9.17, 15) is 0 Å². The van der Waals surface area contributed by atoms with Gasteiger partial charge in [0.25, 0.3) is 0 Å². The molecule has 0 aromatic carbocycles. The van der Waals surface area contributed by atoms with E-state index >= 15 is 0 Å². The number of nitrogens with zero attached hydrogens (tertiary/aromatic N) is 1. The fourth-order valence-corrected chi connectivity index (χ4v) is 2.03. The zero-order valence-electron chi connectivity index (χ0n) is 11.0. The largest absolute Gasteiger partial charge is 0.397 e. The smallest absolute Gasteiger partial charge is 0.140 e. The fourth-order valence-electron chi connectivity index (χ4n) is 1.58. The zero-order valence-corrected chi connectivity index (χ0v) is 12.6. The van der Waals surface area contributed by atoms with Crippen molar-refractivity contribution in [2.24, 2.45) is 5.92 Å². The Morgan fingerprint density at radius 2 is 2.00 bits per heavy atom. The average molecular weight is 300 g/mol. The van der Waals surface area contributed by atoms with Crippen molar-refractivity contribution in [3.05, 3.63) is 16.2 Å². The van der Waals surface area contributed by atoms with Crippen molar-refractivity contribution in [2.45, 2.75) is 46.6 Å². The molecule has 0 fully saturated rings. The summed E-state index contributed by atoms with van der Waals surface area (Å²) >= 11 is 3.53. The van der Waals surface area contributed by atoms with Gasteiger partial charge in [0.1, 0.15) is 5.82 Å². The zero-order chi connectivity index (χ0) is 13.0. The SMILES string of the molecule is Cc1c(N)cnc(NC(C)CCC(C)C)c1Br. The quantitative estimate of drug-likeness (QED) is 0.865. The Kier molecular flexibility index (Phi) is 5.25. The van der Waals surface area contributed by atoms with E-state index < -0.39 is 0 Å². The second kappa shape index (κ2) is 6.24. The average Bonchev–Trinajstić information content (AvgIpc) is 2.27. The summed E-state index contributed by atoms with van der Waals surface area (Å²) in [6, 6.07) is 0.421. The van der Waals surface area contributed by atoms with Gasteiger partial charge in [-0.1, -0.05) is 13.8 Å². The van der Waals surface area contributed by atoms with Gasteiger partial charge in [-0.2, -0.15) is 0 Å². The molecule has 1 unspecified atom stereocenters. The second-order valence-corrected chi connectivity index (χ2v) is 5.81. The molecule has 0 saturated carbocycles. The highest BCUT2D eigenvalue weighted by Crippen LogP contribution is 2.28. The van der Waals surface area contributed by atoms with Crippen LogP contribution >= 0.6 is 15.9 Å². The minimum absolute atomic E-state index is 0.421. The van der Waals surface area contributed by atoms with Crippen molar-refractivity contribution in [1.29, 1.82) is 0 Å². The van der Waals surface area contributed by atoms with E-state index in [0.29, 0.717) is 6.04 Å². The highest BCUT2D eigenvalue weighted by Gasteiger charge is 2.10. The molecular weight excluding hydrogens is 278 g/mol. The molecule has 0 saturated heterocycles. The monoisotopic (exact) mass is 299 g/mol. The number of pyridine rings is 1. The molecule has 0 aliphatic rings. The molecule has 0 amide bonds. The number of rotatable bonds is 5. The van der Waals surface area contributed by atoms with Gasteiger partial charge >= 0.3 is 0 Å². The predicted octanol–water partition coefficient (Wildman–Crippen LogP) is 3.97. The summed E-state index contributed by atoms with van der Waals surface area (Å²) in [4.78, 5) is 4.32. The number of nitrogens with one attached hydrogen (secondary N) is 1.